The highest BCUT2D eigenvalue weighted by atomic mass is 35.5. The van der Waals surface area contributed by atoms with E-state index in [4.69, 9.17) is 23.1 Å². The van der Waals surface area contributed by atoms with Gasteiger partial charge in [-0.05, 0) is 24.6 Å². The molecule has 4 heteroatoms. The van der Waals surface area contributed by atoms with Crippen LogP contribution in [0.1, 0.15) is 18.5 Å². The van der Waals surface area contributed by atoms with E-state index in [9.17, 15) is 5.11 Å². The molecular weight excluding hydrogens is 176 g/mol. The van der Waals surface area contributed by atoms with Crippen LogP contribution in [0.5, 0.6) is 5.75 Å². The molecule has 1 aromatic rings. The molecule has 0 bridgehead atoms. The summed E-state index contributed by atoms with van der Waals surface area (Å²) in [6.45, 7) is 1.81. The van der Waals surface area contributed by atoms with Crippen LogP contribution in [0.15, 0.2) is 12.1 Å². The van der Waals surface area contributed by atoms with Gasteiger partial charge in [0.05, 0.1) is 10.7 Å². The van der Waals surface area contributed by atoms with Crippen molar-refractivity contribution in [1.82, 2.24) is 0 Å². The van der Waals surface area contributed by atoms with Crippen LogP contribution in [-0.2, 0) is 0 Å². The molecule has 3 nitrogen and oxygen atoms in total. The van der Waals surface area contributed by atoms with Crippen molar-refractivity contribution in [3.05, 3.63) is 22.7 Å². The van der Waals surface area contributed by atoms with Gasteiger partial charge in [0.25, 0.3) is 0 Å². The van der Waals surface area contributed by atoms with Crippen molar-refractivity contribution in [2.24, 2.45) is 5.73 Å². The van der Waals surface area contributed by atoms with Crippen molar-refractivity contribution in [3.63, 3.8) is 0 Å². The van der Waals surface area contributed by atoms with E-state index in [-0.39, 0.29) is 17.5 Å². The van der Waals surface area contributed by atoms with Crippen molar-refractivity contribution in [3.8, 4) is 5.75 Å². The van der Waals surface area contributed by atoms with Gasteiger partial charge in [-0.15, -0.1) is 0 Å². The largest absolute Gasteiger partial charge is 0.506 e. The summed E-state index contributed by atoms with van der Waals surface area (Å²) in [6.07, 6.45) is 0. The molecule has 0 unspecified atom stereocenters. The number of hydrogen-bond donors (Lipinski definition) is 3. The number of nitrogens with two attached hydrogens (primary N) is 2. The normalized spacial score (nSPS) is 12.9. The maximum Gasteiger partial charge on any atom is 0.140 e. The molecule has 66 valence electrons. The van der Waals surface area contributed by atoms with Crippen LogP contribution < -0.4 is 11.5 Å². The highest BCUT2D eigenvalue weighted by molar-refractivity contribution is 6.33. The fraction of sp³-hybridized carbons (Fsp3) is 0.250. The first kappa shape index (κ1) is 9.16. The van der Waals surface area contributed by atoms with E-state index >= 15 is 0 Å². The summed E-state index contributed by atoms with van der Waals surface area (Å²) in [7, 11) is 0. The first-order valence-electron chi connectivity index (χ1n) is 3.56. The van der Waals surface area contributed by atoms with Crippen LogP contribution in [0.25, 0.3) is 0 Å². The Bertz CT molecular complexity index is 276. The standard InChI is InChI=1S/C8H11ClN2O/c1-4(10)5-2-6(9)8(11)7(12)3-5/h2-4,12H,10-11H2,1H3/t4-/m1/s1. The quantitative estimate of drug-likeness (QED) is 0.461. The number of halogens is 1. The SMILES string of the molecule is C[C@@H](N)c1cc(O)c(N)c(Cl)c1. The van der Waals surface area contributed by atoms with E-state index in [1.165, 1.54) is 6.07 Å². The zero-order valence-electron chi connectivity index (χ0n) is 6.71. The number of benzene rings is 1. The molecule has 0 radical (unpaired) electrons. The van der Waals surface area contributed by atoms with Crippen LogP contribution in [0.2, 0.25) is 5.02 Å². The van der Waals surface area contributed by atoms with E-state index in [1.54, 1.807) is 13.0 Å². The second kappa shape index (κ2) is 3.21. The van der Waals surface area contributed by atoms with Gasteiger partial charge in [-0.25, -0.2) is 0 Å². The molecule has 0 amide bonds. The number of rotatable bonds is 1. The first-order valence-corrected chi connectivity index (χ1v) is 3.93. The third-order valence-electron chi connectivity index (χ3n) is 1.66. The van der Waals surface area contributed by atoms with Crippen LogP contribution in [0.4, 0.5) is 5.69 Å². The van der Waals surface area contributed by atoms with Gasteiger partial charge in [0, 0.05) is 6.04 Å². The van der Waals surface area contributed by atoms with E-state index < -0.39 is 0 Å². The molecule has 0 aliphatic carbocycles. The lowest BCUT2D eigenvalue weighted by Gasteiger charge is -2.08. The summed E-state index contributed by atoms with van der Waals surface area (Å²) in [4.78, 5) is 0. The Morgan fingerprint density at radius 1 is 1.50 bits per heavy atom. The molecule has 0 saturated carbocycles. The number of anilines is 1. The molecule has 0 aliphatic heterocycles. The monoisotopic (exact) mass is 186 g/mol. The minimum absolute atomic E-state index is 0.0187. The van der Waals surface area contributed by atoms with Gasteiger partial charge in [-0.2, -0.15) is 0 Å². The van der Waals surface area contributed by atoms with Crippen molar-refractivity contribution in [2.45, 2.75) is 13.0 Å². The molecule has 0 saturated heterocycles. The maximum absolute atomic E-state index is 9.26. The summed E-state index contributed by atoms with van der Waals surface area (Å²) < 4.78 is 0. The lowest BCUT2D eigenvalue weighted by atomic mass is 10.1. The van der Waals surface area contributed by atoms with E-state index in [0.29, 0.717) is 5.02 Å². The Kier molecular flexibility index (Phi) is 2.45. The lowest BCUT2D eigenvalue weighted by molar-refractivity contribution is 0.476. The summed E-state index contributed by atoms with van der Waals surface area (Å²) in [6, 6.07) is 3.02. The minimum Gasteiger partial charge on any atom is -0.506 e. The Morgan fingerprint density at radius 3 is 2.50 bits per heavy atom. The van der Waals surface area contributed by atoms with E-state index in [0.717, 1.165) is 5.56 Å². The second-order valence-electron chi connectivity index (χ2n) is 2.72. The zero-order chi connectivity index (χ0) is 9.30. The number of nitrogen functional groups attached to an aromatic ring is 1. The number of aromatic hydroxyl groups is 1. The number of phenols is 1. The third kappa shape index (κ3) is 1.62. The van der Waals surface area contributed by atoms with Crippen LogP contribution >= 0.6 is 11.6 Å². The molecule has 1 rings (SSSR count). The van der Waals surface area contributed by atoms with Crippen molar-refractivity contribution in [2.75, 3.05) is 5.73 Å². The van der Waals surface area contributed by atoms with Gasteiger partial charge in [-0.3, -0.25) is 0 Å². The van der Waals surface area contributed by atoms with Gasteiger partial charge in [0.1, 0.15) is 5.75 Å². The molecular formula is C8H11ClN2O. The average molecular weight is 187 g/mol. The molecule has 0 spiro atoms. The predicted molar refractivity (Wildman–Crippen MR) is 50.1 cm³/mol. The molecule has 1 aromatic carbocycles. The van der Waals surface area contributed by atoms with Crippen molar-refractivity contribution >= 4 is 17.3 Å². The highest BCUT2D eigenvalue weighted by Crippen LogP contribution is 2.31. The van der Waals surface area contributed by atoms with Crippen LogP contribution in [0, 0.1) is 0 Å². The lowest BCUT2D eigenvalue weighted by Crippen LogP contribution is -2.05. The topological polar surface area (TPSA) is 72.3 Å². The second-order valence-corrected chi connectivity index (χ2v) is 3.13. The molecule has 0 aromatic heterocycles. The maximum atomic E-state index is 9.26. The fourth-order valence-corrected chi connectivity index (χ4v) is 1.11. The van der Waals surface area contributed by atoms with Crippen LogP contribution in [-0.4, -0.2) is 5.11 Å². The third-order valence-corrected chi connectivity index (χ3v) is 1.97. The molecule has 1 atom stereocenters. The summed E-state index contributed by atoms with van der Waals surface area (Å²) in [5, 5.41) is 9.60. The highest BCUT2D eigenvalue weighted by Gasteiger charge is 2.07. The molecule has 0 aliphatic rings. The molecule has 5 N–H and O–H groups in total. The Balaban J connectivity index is 3.21. The summed E-state index contributed by atoms with van der Waals surface area (Å²) in [5.74, 6) is -0.0187. The van der Waals surface area contributed by atoms with Gasteiger partial charge in [-0.1, -0.05) is 11.6 Å². The Labute approximate surface area is 75.9 Å². The molecule has 0 heterocycles. The molecule has 0 fully saturated rings. The number of phenolic OH excluding ortho intramolecular Hbond substituents is 1. The Morgan fingerprint density at radius 2 is 2.08 bits per heavy atom. The van der Waals surface area contributed by atoms with E-state index in [2.05, 4.69) is 0 Å². The number of hydrogen-bond acceptors (Lipinski definition) is 3. The summed E-state index contributed by atoms with van der Waals surface area (Å²) in [5.41, 5.74) is 12.0. The smallest absolute Gasteiger partial charge is 0.140 e. The van der Waals surface area contributed by atoms with Gasteiger partial charge >= 0.3 is 0 Å². The zero-order valence-corrected chi connectivity index (χ0v) is 7.47. The fourth-order valence-electron chi connectivity index (χ4n) is 0.887. The van der Waals surface area contributed by atoms with Gasteiger partial charge < -0.3 is 16.6 Å². The van der Waals surface area contributed by atoms with Crippen LogP contribution in [0.3, 0.4) is 0 Å². The Hall–Kier alpha value is -0.930. The predicted octanol–water partition coefficient (Wildman–Crippen LogP) is 1.65. The average Bonchev–Trinajstić information content (AvgIpc) is 1.99. The minimum atomic E-state index is -0.158. The van der Waals surface area contributed by atoms with Gasteiger partial charge in [0.15, 0.2) is 0 Å². The van der Waals surface area contributed by atoms with E-state index in [1.807, 2.05) is 0 Å². The molecule has 12 heavy (non-hydrogen) atoms. The van der Waals surface area contributed by atoms with Gasteiger partial charge in [0.2, 0.25) is 0 Å². The van der Waals surface area contributed by atoms with Crippen molar-refractivity contribution in [1.29, 1.82) is 0 Å². The first-order chi connectivity index (χ1) is 5.52. The summed E-state index contributed by atoms with van der Waals surface area (Å²) >= 11 is 5.72. The van der Waals surface area contributed by atoms with Crippen molar-refractivity contribution < 1.29 is 5.11 Å².